The van der Waals surface area contributed by atoms with Crippen molar-refractivity contribution in [2.45, 2.75) is 70.4 Å². The summed E-state index contributed by atoms with van der Waals surface area (Å²) >= 11 is 0. The minimum Gasteiger partial charge on any atom is -0.458 e. The number of nitrogens with zero attached hydrogens (tertiary/aromatic N) is 2. The fraction of sp³-hybridized carbons (Fsp3) is 0.381. The number of ether oxygens (including phenoxy) is 2. The summed E-state index contributed by atoms with van der Waals surface area (Å²) in [6.07, 6.45) is 0.0402. The maximum Gasteiger partial charge on any atom is 0.407 e. The van der Waals surface area contributed by atoms with E-state index in [2.05, 4.69) is 26.6 Å². The number of carbonyl (C=O) groups is 6. The van der Waals surface area contributed by atoms with Crippen LogP contribution in [0.15, 0.2) is 47.3 Å². The fourth-order valence-corrected chi connectivity index (χ4v) is 8.13. The van der Waals surface area contributed by atoms with Crippen LogP contribution in [0, 0.1) is 12.7 Å². The van der Waals surface area contributed by atoms with Crippen LogP contribution < -0.4 is 37.9 Å². The van der Waals surface area contributed by atoms with Gasteiger partial charge in [0.05, 0.1) is 61.2 Å². The minimum absolute atomic E-state index is 0.0377. The molecule has 3 aliphatic rings. The molecule has 8 N–H and O–H groups in total. The van der Waals surface area contributed by atoms with Crippen molar-refractivity contribution >= 4 is 46.6 Å². The Bertz CT molecular complexity index is 2530. The van der Waals surface area contributed by atoms with Gasteiger partial charge in [-0.25, -0.2) is 19.0 Å². The Kier molecular flexibility index (Phi) is 12.1. The summed E-state index contributed by atoms with van der Waals surface area (Å²) in [6, 6.07) is 10.1. The predicted octanol–water partition coefficient (Wildman–Crippen LogP) is 0.275. The van der Waals surface area contributed by atoms with E-state index in [0.717, 1.165) is 11.1 Å². The third-order valence-corrected chi connectivity index (χ3v) is 11.3. The number of aromatic nitrogens is 2. The molecule has 1 unspecified atom stereocenters. The van der Waals surface area contributed by atoms with Gasteiger partial charge in [-0.15, -0.1) is 0 Å². The summed E-state index contributed by atoms with van der Waals surface area (Å²) in [5.41, 5.74) is 7.24. The van der Waals surface area contributed by atoms with Gasteiger partial charge in [-0.2, -0.15) is 0 Å². The maximum atomic E-state index is 15.3. The lowest BCUT2D eigenvalue weighted by molar-refractivity contribution is -0.172. The highest BCUT2D eigenvalue weighted by atomic mass is 19.1. The molecule has 18 nitrogen and oxygen atoms in total. The van der Waals surface area contributed by atoms with Gasteiger partial charge in [0.15, 0.2) is 5.60 Å². The Balaban J connectivity index is 1.00. The van der Waals surface area contributed by atoms with E-state index in [1.54, 1.807) is 50.2 Å². The first-order valence-corrected chi connectivity index (χ1v) is 19.8. The molecule has 4 heterocycles. The van der Waals surface area contributed by atoms with E-state index in [9.17, 15) is 38.7 Å². The Morgan fingerprint density at radius 2 is 1.79 bits per heavy atom. The molecule has 2 aromatic heterocycles. The van der Waals surface area contributed by atoms with Crippen LogP contribution in [0.4, 0.5) is 9.18 Å². The number of aliphatic hydroxyl groups is 1. The highest BCUT2D eigenvalue weighted by molar-refractivity contribution is 5.94. The molecular formula is C42H45FN8O10. The van der Waals surface area contributed by atoms with Crippen LogP contribution in [0.3, 0.4) is 0 Å². The summed E-state index contributed by atoms with van der Waals surface area (Å²) in [5.74, 6) is -3.73. The quantitative estimate of drug-likeness (QED) is 0.0588. The molecule has 0 saturated heterocycles. The molecule has 2 aromatic carbocycles. The van der Waals surface area contributed by atoms with E-state index in [4.69, 9.17) is 20.2 Å². The molecule has 0 bridgehead atoms. The number of rotatable bonds is 14. The third kappa shape index (κ3) is 8.38. The first-order valence-electron chi connectivity index (χ1n) is 19.8. The molecule has 7 rings (SSSR count). The molecule has 4 aromatic rings. The molecule has 2 aliphatic heterocycles. The number of halogens is 1. The Labute approximate surface area is 347 Å². The number of amides is 5. The first-order chi connectivity index (χ1) is 29.2. The van der Waals surface area contributed by atoms with E-state index in [0.29, 0.717) is 51.8 Å². The average molecular weight is 841 g/mol. The minimum atomic E-state index is -2.04. The number of hydrogen-bond donors (Lipinski definition) is 7. The first kappa shape index (κ1) is 42.4. The van der Waals surface area contributed by atoms with E-state index in [-0.39, 0.29) is 56.8 Å². The van der Waals surface area contributed by atoms with Gasteiger partial charge in [0.25, 0.3) is 5.56 Å². The Morgan fingerprint density at radius 3 is 2.52 bits per heavy atom. The van der Waals surface area contributed by atoms with Crippen molar-refractivity contribution in [2.75, 3.05) is 32.8 Å². The van der Waals surface area contributed by atoms with Gasteiger partial charge in [-0.3, -0.25) is 24.0 Å². The maximum absolute atomic E-state index is 15.3. The molecule has 3 atom stereocenters. The Hall–Kier alpha value is -6.73. The van der Waals surface area contributed by atoms with Crippen molar-refractivity contribution in [3.63, 3.8) is 0 Å². The summed E-state index contributed by atoms with van der Waals surface area (Å²) in [4.78, 5) is 94.3. The summed E-state index contributed by atoms with van der Waals surface area (Å²) in [6.45, 7) is 1.54. The van der Waals surface area contributed by atoms with Crippen LogP contribution in [-0.4, -0.2) is 89.2 Å². The molecule has 0 spiro atoms. The number of fused-ring (bicyclic) bond motifs is 5. The number of cyclic esters (lactones) is 1. The van der Waals surface area contributed by atoms with Gasteiger partial charge in [0.2, 0.25) is 23.6 Å². The summed E-state index contributed by atoms with van der Waals surface area (Å²) in [5, 5.41) is 24.8. The number of alkyl carbamates (subject to hydrolysis) is 1. The number of carbonyl (C=O) groups excluding carboxylic acids is 6. The van der Waals surface area contributed by atoms with Gasteiger partial charge in [-0.05, 0) is 54.5 Å². The number of aryl methyl sites for hydroxylation is 1. The molecule has 0 saturated carbocycles. The third-order valence-electron chi connectivity index (χ3n) is 11.3. The Morgan fingerprint density at radius 1 is 1.03 bits per heavy atom. The second kappa shape index (κ2) is 17.5. The molecular weight excluding hydrogens is 796 g/mol. The van der Waals surface area contributed by atoms with Crippen molar-refractivity contribution in [1.82, 2.24) is 36.1 Å². The highest BCUT2D eigenvalue weighted by Crippen LogP contribution is 2.46. The lowest BCUT2D eigenvalue weighted by Gasteiger charge is -2.31. The smallest absolute Gasteiger partial charge is 0.407 e. The molecule has 19 heteroatoms. The van der Waals surface area contributed by atoms with Crippen LogP contribution in [0.2, 0.25) is 0 Å². The molecule has 1 aliphatic carbocycles. The van der Waals surface area contributed by atoms with Crippen LogP contribution in [-0.2, 0) is 65.0 Å². The number of nitrogens with two attached hydrogens (primary N) is 1. The van der Waals surface area contributed by atoms with E-state index >= 15 is 4.39 Å². The van der Waals surface area contributed by atoms with Gasteiger partial charge < -0.3 is 51.5 Å². The fourth-order valence-electron chi connectivity index (χ4n) is 8.13. The van der Waals surface area contributed by atoms with Crippen molar-refractivity contribution in [1.29, 1.82) is 0 Å². The van der Waals surface area contributed by atoms with Crippen molar-refractivity contribution in [3.8, 4) is 11.4 Å². The van der Waals surface area contributed by atoms with Crippen LogP contribution in [0.25, 0.3) is 22.3 Å². The lowest BCUT2D eigenvalue weighted by Crippen LogP contribution is -2.52. The molecule has 5 amide bonds. The zero-order valence-corrected chi connectivity index (χ0v) is 33.4. The summed E-state index contributed by atoms with van der Waals surface area (Å²) in [7, 11) is 0. The van der Waals surface area contributed by atoms with Crippen molar-refractivity contribution in [3.05, 3.63) is 97.6 Å². The number of benzene rings is 2. The number of hydrogen-bond acceptors (Lipinski definition) is 12. The topological polar surface area (TPSA) is 262 Å². The largest absolute Gasteiger partial charge is 0.458 e. The average Bonchev–Trinajstić information content (AvgIpc) is 3.63. The zero-order valence-electron chi connectivity index (χ0n) is 33.4. The second-order valence-electron chi connectivity index (χ2n) is 15.0. The summed E-state index contributed by atoms with van der Waals surface area (Å²) < 4.78 is 27.4. The molecule has 61 heavy (non-hydrogen) atoms. The highest BCUT2D eigenvalue weighted by Gasteiger charge is 2.46. The van der Waals surface area contributed by atoms with E-state index < -0.39 is 77.8 Å². The van der Waals surface area contributed by atoms with Crippen molar-refractivity contribution in [2.24, 2.45) is 5.73 Å². The number of esters is 1. The van der Waals surface area contributed by atoms with E-state index in [1.165, 1.54) is 10.6 Å². The zero-order chi connectivity index (χ0) is 43.6. The van der Waals surface area contributed by atoms with Gasteiger partial charge >= 0.3 is 12.1 Å². The number of pyridine rings is 2. The SMILES string of the molecule is CC[C@@]1(O)C(=O)OCc2c1cc1n(c2=O)Cc2c-1nc1cc(F)c(C)c3c1c2[C@@H](NC(=O)OCCNC(=O)CNC(=O)C(Cc1ccccc1)NC(=O)CNC(=O)CN)CC3. The standard InChI is InChI=1S/C42H45FN8O10/c1-3-42(59)26-14-31-37-24(19-51(31)39(56)25(26)20-61-40(42)57)36-28(10-9-23-21(2)27(43)15-29(49-37)35(23)36)50-41(58)60-12-11-45-33(53)17-47-38(55)30(13-22-7-5-4-6-8-22)48-34(54)18-46-32(52)16-44/h4-8,14-15,28,30,59H,3,9-13,16-20,44H2,1-2H3,(H,45,53)(H,46,52)(H,47,55)(H,48,54)(H,50,58)/t28-,30?,42-/m0/s1. The molecule has 0 fully saturated rings. The number of nitrogens with one attached hydrogen (secondary N) is 5. The van der Waals surface area contributed by atoms with Crippen LogP contribution in [0.1, 0.15) is 64.8 Å². The monoisotopic (exact) mass is 840 g/mol. The predicted molar refractivity (Wildman–Crippen MR) is 215 cm³/mol. The second-order valence-corrected chi connectivity index (χ2v) is 15.0. The van der Waals surface area contributed by atoms with Gasteiger partial charge in [0.1, 0.15) is 25.1 Å². The normalized spacial score (nSPS) is 17.5. The van der Waals surface area contributed by atoms with E-state index in [1.807, 2.05) is 0 Å². The van der Waals surface area contributed by atoms with Gasteiger partial charge in [-0.1, -0.05) is 37.3 Å². The lowest BCUT2D eigenvalue weighted by atomic mass is 9.81. The van der Waals surface area contributed by atoms with Crippen molar-refractivity contribution < 1.29 is 47.7 Å². The molecule has 320 valence electrons. The molecule has 0 radical (unpaired) electrons. The van der Waals surface area contributed by atoms with Crippen LogP contribution >= 0.6 is 0 Å². The van der Waals surface area contributed by atoms with Gasteiger partial charge in [0, 0.05) is 29.0 Å². The van der Waals surface area contributed by atoms with Crippen LogP contribution in [0.5, 0.6) is 0 Å².